The summed E-state index contributed by atoms with van der Waals surface area (Å²) < 4.78 is 11.5. The van der Waals surface area contributed by atoms with Crippen molar-refractivity contribution in [3.63, 3.8) is 0 Å². The highest BCUT2D eigenvalue weighted by atomic mass is 16.6. The first-order chi connectivity index (χ1) is 16.8. The highest BCUT2D eigenvalue weighted by Gasteiger charge is 2.28. The van der Waals surface area contributed by atoms with E-state index in [9.17, 15) is 9.59 Å². The van der Waals surface area contributed by atoms with E-state index >= 15 is 0 Å². The fourth-order valence-electron chi connectivity index (χ4n) is 4.31. The number of esters is 1. The predicted molar refractivity (Wildman–Crippen MR) is 139 cm³/mol. The minimum atomic E-state index is -0.545. The molecule has 4 rings (SSSR count). The number of carbonyl (C=O) groups is 2. The summed E-state index contributed by atoms with van der Waals surface area (Å²) in [5.41, 5.74) is 5.02. The molecule has 3 aromatic carbocycles. The van der Waals surface area contributed by atoms with Crippen molar-refractivity contribution in [1.29, 1.82) is 0 Å². The molecule has 5 nitrogen and oxygen atoms in total. The number of rotatable bonds is 8. The summed E-state index contributed by atoms with van der Waals surface area (Å²) in [6.07, 6.45) is 1.77. The molecule has 0 spiro atoms. The minimum Gasteiger partial charge on any atom is -0.493 e. The zero-order valence-electron chi connectivity index (χ0n) is 20.8. The van der Waals surface area contributed by atoms with Gasteiger partial charge in [-0.1, -0.05) is 60.7 Å². The number of carbonyl (C=O) groups excluding carboxylic acids is 2. The standard InChI is InChI=1S/C30H33NO4/c1-30(2,3)35-29(33)17-16-28(32)31-20-18-25-26(31)10-7-11-27(25)34-21-19-22-12-14-24(15-13-22)23-8-5-4-6-9-23/h4-15H,16-21H2,1-3H3. The van der Waals surface area contributed by atoms with Crippen LogP contribution in [-0.2, 0) is 27.2 Å². The molecule has 3 aromatic rings. The van der Waals surface area contributed by atoms with Gasteiger partial charge in [0.15, 0.2) is 0 Å². The van der Waals surface area contributed by atoms with Crippen molar-refractivity contribution in [2.24, 2.45) is 0 Å². The predicted octanol–water partition coefficient (Wildman–Crippen LogP) is 5.99. The van der Waals surface area contributed by atoms with Crippen LogP contribution in [0.15, 0.2) is 72.8 Å². The van der Waals surface area contributed by atoms with Crippen LogP contribution in [0.3, 0.4) is 0 Å². The molecule has 0 saturated heterocycles. The maximum Gasteiger partial charge on any atom is 0.306 e. The topological polar surface area (TPSA) is 55.8 Å². The summed E-state index contributed by atoms with van der Waals surface area (Å²) in [6.45, 7) is 6.64. The number of anilines is 1. The Morgan fingerprint density at radius 1 is 0.857 bits per heavy atom. The number of fused-ring (bicyclic) bond motifs is 1. The van der Waals surface area contributed by atoms with Crippen LogP contribution in [0.25, 0.3) is 11.1 Å². The van der Waals surface area contributed by atoms with Gasteiger partial charge in [0.2, 0.25) is 5.91 Å². The summed E-state index contributed by atoms with van der Waals surface area (Å²) in [6, 6.07) is 24.7. The molecule has 0 atom stereocenters. The van der Waals surface area contributed by atoms with Gasteiger partial charge in [-0.3, -0.25) is 9.59 Å². The van der Waals surface area contributed by atoms with Gasteiger partial charge in [-0.05, 0) is 56.0 Å². The second-order valence-electron chi connectivity index (χ2n) is 9.80. The molecule has 1 amide bonds. The van der Waals surface area contributed by atoms with Gasteiger partial charge in [-0.15, -0.1) is 0 Å². The Kier molecular flexibility index (Phi) is 7.54. The summed E-state index contributed by atoms with van der Waals surface area (Å²) in [5.74, 6) is 0.412. The lowest BCUT2D eigenvalue weighted by atomic mass is 10.0. The highest BCUT2D eigenvalue weighted by molar-refractivity contribution is 5.97. The van der Waals surface area contributed by atoms with Crippen LogP contribution in [0.4, 0.5) is 5.69 Å². The van der Waals surface area contributed by atoms with Crippen molar-refractivity contribution in [3.8, 4) is 16.9 Å². The Balaban J connectivity index is 1.31. The minimum absolute atomic E-state index is 0.0646. The average Bonchev–Trinajstić information content (AvgIpc) is 3.28. The van der Waals surface area contributed by atoms with Crippen molar-refractivity contribution in [2.45, 2.75) is 52.1 Å². The summed E-state index contributed by atoms with van der Waals surface area (Å²) in [7, 11) is 0. The van der Waals surface area contributed by atoms with E-state index in [-0.39, 0.29) is 24.7 Å². The molecule has 0 saturated carbocycles. The zero-order valence-corrected chi connectivity index (χ0v) is 20.8. The first-order valence-corrected chi connectivity index (χ1v) is 12.2. The molecular formula is C30H33NO4. The zero-order chi connectivity index (χ0) is 24.8. The van der Waals surface area contributed by atoms with Crippen LogP contribution in [0.5, 0.6) is 5.75 Å². The molecule has 5 heteroatoms. The van der Waals surface area contributed by atoms with E-state index in [0.29, 0.717) is 13.2 Å². The number of hydrogen-bond donors (Lipinski definition) is 0. The third-order valence-electron chi connectivity index (χ3n) is 5.96. The average molecular weight is 472 g/mol. The van der Waals surface area contributed by atoms with Gasteiger partial charge < -0.3 is 14.4 Å². The number of nitrogens with zero attached hydrogens (tertiary/aromatic N) is 1. The lowest BCUT2D eigenvalue weighted by Gasteiger charge is -2.21. The Bertz CT molecular complexity index is 1160. The first kappa shape index (κ1) is 24.5. The van der Waals surface area contributed by atoms with Crippen molar-refractivity contribution in [1.82, 2.24) is 0 Å². The summed E-state index contributed by atoms with van der Waals surface area (Å²) in [4.78, 5) is 26.5. The van der Waals surface area contributed by atoms with Crippen LogP contribution in [0.1, 0.15) is 44.7 Å². The quantitative estimate of drug-likeness (QED) is 0.379. The van der Waals surface area contributed by atoms with Crippen LogP contribution < -0.4 is 9.64 Å². The molecule has 0 N–H and O–H groups in total. The van der Waals surface area contributed by atoms with E-state index in [4.69, 9.17) is 9.47 Å². The molecule has 0 aromatic heterocycles. The molecule has 0 bridgehead atoms. The number of ether oxygens (including phenoxy) is 2. The van der Waals surface area contributed by atoms with Gasteiger partial charge in [-0.2, -0.15) is 0 Å². The maximum absolute atomic E-state index is 12.8. The number of hydrogen-bond acceptors (Lipinski definition) is 4. The first-order valence-electron chi connectivity index (χ1n) is 12.2. The number of benzene rings is 3. The lowest BCUT2D eigenvalue weighted by molar-refractivity contribution is -0.155. The molecule has 0 fully saturated rings. The largest absolute Gasteiger partial charge is 0.493 e. The van der Waals surface area contributed by atoms with Crippen molar-refractivity contribution < 1.29 is 19.1 Å². The third-order valence-corrected chi connectivity index (χ3v) is 5.96. The third kappa shape index (κ3) is 6.50. The lowest BCUT2D eigenvalue weighted by Crippen LogP contribution is -2.30. The van der Waals surface area contributed by atoms with Crippen LogP contribution in [0, 0.1) is 0 Å². The van der Waals surface area contributed by atoms with E-state index in [1.165, 1.54) is 16.7 Å². The van der Waals surface area contributed by atoms with Crippen LogP contribution >= 0.6 is 0 Å². The van der Waals surface area contributed by atoms with Crippen molar-refractivity contribution >= 4 is 17.6 Å². The van der Waals surface area contributed by atoms with Gasteiger partial charge in [0.1, 0.15) is 11.4 Å². The van der Waals surface area contributed by atoms with E-state index in [2.05, 4.69) is 36.4 Å². The van der Waals surface area contributed by atoms with Gasteiger partial charge in [0.25, 0.3) is 0 Å². The van der Waals surface area contributed by atoms with Crippen molar-refractivity contribution in [3.05, 3.63) is 83.9 Å². The SMILES string of the molecule is CC(C)(C)OC(=O)CCC(=O)N1CCc2c(OCCc3ccc(-c4ccccc4)cc3)cccc21. The van der Waals surface area contributed by atoms with Crippen LogP contribution in [-0.4, -0.2) is 30.6 Å². The second-order valence-corrected chi connectivity index (χ2v) is 9.80. The van der Waals surface area contributed by atoms with E-state index in [1.54, 1.807) is 4.90 Å². The van der Waals surface area contributed by atoms with E-state index in [1.807, 2.05) is 57.2 Å². The molecular weight excluding hydrogens is 438 g/mol. The maximum atomic E-state index is 12.8. The van der Waals surface area contributed by atoms with Gasteiger partial charge in [0, 0.05) is 24.9 Å². The number of amides is 1. The molecule has 1 heterocycles. The molecule has 0 unspecified atom stereocenters. The Labute approximate surface area is 207 Å². The molecule has 0 aliphatic carbocycles. The Hall–Kier alpha value is -3.60. The normalized spacial score (nSPS) is 12.8. The van der Waals surface area contributed by atoms with Crippen LogP contribution in [0.2, 0.25) is 0 Å². The molecule has 182 valence electrons. The van der Waals surface area contributed by atoms with Crippen molar-refractivity contribution in [2.75, 3.05) is 18.1 Å². The molecule has 35 heavy (non-hydrogen) atoms. The molecule has 0 radical (unpaired) electrons. The summed E-state index contributed by atoms with van der Waals surface area (Å²) >= 11 is 0. The highest BCUT2D eigenvalue weighted by Crippen LogP contribution is 2.35. The fraction of sp³-hybridized carbons (Fsp3) is 0.333. The molecule has 1 aliphatic heterocycles. The van der Waals surface area contributed by atoms with E-state index in [0.717, 1.165) is 29.8 Å². The van der Waals surface area contributed by atoms with E-state index < -0.39 is 5.60 Å². The van der Waals surface area contributed by atoms with Gasteiger partial charge in [0.05, 0.1) is 18.7 Å². The Morgan fingerprint density at radius 2 is 1.57 bits per heavy atom. The van der Waals surface area contributed by atoms with Gasteiger partial charge >= 0.3 is 5.97 Å². The fourth-order valence-corrected chi connectivity index (χ4v) is 4.31. The second kappa shape index (κ2) is 10.8. The smallest absolute Gasteiger partial charge is 0.306 e. The van der Waals surface area contributed by atoms with Gasteiger partial charge in [-0.25, -0.2) is 0 Å². The summed E-state index contributed by atoms with van der Waals surface area (Å²) in [5, 5.41) is 0. The molecule has 1 aliphatic rings. The monoisotopic (exact) mass is 471 g/mol. The Morgan fingerprint density at radius 3 is 2.29 bits per heavy atom.